The topological polar surface area (TPSA) is 29.3 Å². The summed E-state index contributed by atoms with van der Waals surface area (Å²) in [6.45, 7) is -0.699. The largest absolute Gasteiger partial charge is 0.328 e. The molecule has 0 unspecified atom stereocenters. The lowest BCUT2D eigenvalue weighted by atomic mass is 10.1. The number of hydrogen-bond acceptors (Lipinski definition) is 2. The second kappa shape index (κ2) is 2.46. The van der Waals surface area contributed by atoms with Gasteiger partial charge in [-0.05, 0) is 32.9 Å². The van der Waals surface area contributed by atoms with Crippen LogP contribution in [0.2, 0.25) is 0 Å². The van der Waals surface area contributed by atoms with Gasteiger partial charge in [-0.3, -0.25) is 0 Å². The minimum Gasteiger partial charge on any atom is -0.328 e. The first-order valence-corrected chi connectivity index (χ1v) is 3.01. The van der Waals surface area contributed by atoms with E-state index in [2.05, 4.69) is 0 Å². The van der Waals surface area contributed by atoms with Gasteiger partial charge in [0.2, 0.25) is 0 Å². The molecule has 0 aromatic heterocycles. The maximum Gasteiger partial charge on any atom is 0.0394 e. The van der Waals surface area contributed by atoms with Gasteiger partial charge in [0.1, 0.15) is 0 Å². The zero-order valence-electron chi connectivity index (χ0n) is 7.93. The summed E-state index contributed by atoms with van der Waals surface area (Å²) in [5.41, 5.74) is 5.63. The van der Waals surface area contributed by atoms with Crippen LogP contribution in [0.4, 0.5) is 0 Å². The Hall–Kier alpha value is -0.0800. The van der Waals surface area contributed by atoms with Gasteiger partial charge in [-0.15, -0.1) is 0 Å². The van der Waals surface area contributed by atoms with Crippen LogP contribution < -0.4 is 5.73 Å². The summed E-state index contributed by atoms with van der Waals surface area (Å²) in [6, 6.07) is 0.202. The summed E-state index contributed by atoms with van der Waals surface area (Å²) in [7, 11) is 0. The highest BCUT2D eigenvalue weighted by molar-refractivity contribution is 4.70. The van der Waals surface area contributed by atoms with Crippen molar-refractivity contribution in [2.75, 3.05) is 20.1 Å². The maximum atomic E-state index is 7.11. The predicted molar refractivity (Wildman–Crippen MR) is 34.7 cm³/mol. The first-order valence-electron chi connectivity index (χ1n) is 4.51. The third-order valence-corrected chi connectivity index (χ3v) is 1.54. The van der Waals surface area contributed by atoms with Crippen molar-refractivity contribution in [2.24, 2.45) is 5.73 Å². The lowest BCUT2D eigenvalue weighted by Crippen LogP contribution is -2.37. The predicted octanol–water partition coefficient (Wildman–Crippen LogP) is 0.0393. The molecule has 1 saturated heterocycles. The molecule has 0 aliphatic carbocycles. The molecular formula is C6H14N2. The third-order valence-electron chi connectivity index (χ3n) is 1.54. The number of nitrogens with two attached hydrogens (primary N) is 1. The molecule has 1 fully saturated rings. The highest BCUT2D eigenvalue weighted by atomic mass is 15.2. The fourth-order valence-electron chi connectivity index (χ4n) is 0.899. The van der Waals surface area contributed by atoms with Crippen LogP contribution in [0, 0.1) is 0 Å². The quantitative estimate of drug-likeness (QED) is 0.455. The van der Waals surface area contributed by atoms with Crippen LogP contribution in [0.25, 0.3) is 0 Å². The SMILES string of the molecule is [2H][13C]([2H])([2H])N1CCC(N)CC1. The van der Waals surface area contributed by atoms with E-state index in [-0.39, 0.29) is 6.04 Å². The van der Waals surface area contributed by atoms with E-state index in [1.54, 1.807) is 0 Å². The number of nitrogens with zero attached hydrogens (tertiary/aromatic N) is 1. The number of likely N-dealkylation sites (tertiary alicyclic amines) is 1. The highest BCUT2D eigenvalue weighted by Crippen LogP contribution is 2.04. The summed E-state index contributed by atoms with van der Waals surface area (Å²) < 4.78 is 21.3. The average Bonchev–Trinajstić information content (AvgIpc) is 1.86. The van der Waals surface area contributed by atoms with Gasteiger partial charge in [-0.2, -0.15) is 0 Å². The number of hydrogen-bond donors (Lipinski definition) is 1. The van der Waals surface area contributed by atoms with Crippen molar-refractivity contribution < 1.29 is 4.11 Å². The van der Waals surface area contributed by atoms with Crippen molar-refractivity contribution in [1.82, 2.24) is 4.90 Å². The van der Waals surface area contributed by atoms with Crippen molar-refractivity contribution in [3.63, 3.8) is 0 Å². The van der Waals surface area contributed by atoms with Gasteiger partial charge < -0.3 is 10.6 Å². The molecule has 1 aliphatic heterocycles. The van der Waals surface area contributed by atoms with Crippen LogP contribution in [0.5, 0.6) is 0 Å². The lowest BCUT2D eigenvalue weighted by molar-refractivity contribution is 0.256. The van der Waals surface area contributed by atoms with E-state index in [0.29, 0.717) is 13.1 Å². The van der Waals surface area contributed by atoms with Crippen LogP contribution in [0.3, 0.4) is 0 Å². The van der Waals surface area contributed by atoms with Crippen molar-refractivity contribution >= 4 is 0 Å². The second-order valence-electron chi connectivity index (χ2n) is 2.32. The molecule has 2 N–H and O–H groups in total. The first-order chi connectivity index (χ1) is 5.00. The molecule has 2 heteroatoms. The molecule has 0 aromatic carbocycles. The Morgan fingerprint density at radius 3 is 2.75 bits per heavy atom. The van der Waals surface area contributed by atoms with E-state index in [1.807, 2.05) is 0 Å². The van der Waals surface area contributed by atoms with E-state index >= 15 is 0 Å². The fraction of sp³-hybridized carbons (Fsp3) is 1.00. The molecule has 2 nitrogen and oxygen atoms in total. The normalized spacial score (nSPS) is 33.4. The van der Waals surface area contributed by atoms with Gasteiger partial charge in [0.05, 0.1) is 0 Å². The molecule has 0 spiro atoms. The van der Waals surface area contributed by atoms with Gasteiger partial charge in [-0.25, -0.2) is 0 Å². The van der Waals surface area contributed by atoms with E-state index in [4.69, 9.17) is 9.85 Å². The summed E-state index contributed by atoms with van der Waals surface area (Å²) in [5.74, 6) is 0. The monoisotopic (exact) mass is 118 g/mol. The molecule has 1 aliphatic rings. The Morgan fingerprint density at radius 2 is 2.25 bits per heavy atom. The van der Waals surface area contributed by atoms with Crippen molar-refractivity contribution in [3.8, 4) is 0 Å². The minimum absolute atomic E-state index is 0.202. The number of piperidine rings is 1. The smallest absolute Gasteiger partial charge is 0.0394 e. The zero-order valence-corrected chi connectivity index (χ0v) is 4.93. The summed E-state index contributed by atoms with van der Waals surface area (Å²) in [4.78, 5) is 1.51. The standard InChI is InChI=1S/C6H14N2/c1-8-4-2-6(7)3-5-8/h6H,2-5,7H2,1H3/i1+1D3. The van der Waals surface area contributed by atoms with E-state index in [0.717, 1.165) is 12.8 Å². The Labute approximate surface area is 54.9 Å². The van der Waals surface area contributed by atoms with Crippen LogP contribution in [0.15, 0.2) is 0 Å². The molecule has 0 atom stereocenters. The third kappa shape index (κ3) is 1.46. The first kappa shape index (κ1) is 3.18. The van der Waals surface area contributed by atoms with Crippen LogP contribution in [0.1, 0.15) is 17.0 Å². The molecule has 1 heterocycles. The Kier molecular flexibility index (Phi) is 0.980. The minimum atomic E-state index is -1.92. The van der Waals surface area contributed by atoms with E-state index in [9.17, 15) is 0 Å². The van der Waals surface area contributed by atoms with Gasteiger partial charge in [-0.1, -0.05) is 0 Å². The molecular weight excluding hydrogens is 101 g/mol. The maximum absolute atomic E-state index is 7.11. The Morgan fingerprint density at radius 1 is 1.62 bits per heavy atom. The van der Waals surface area contributed by atoms with Crippen molar-refractivity contribution in [1.29, 1.82) is 0 Å². The molecule has 1 rings (SSSR count). The van der Waals surface area contributed by atoms with E-state index < -0.39 is 6.98 Å². The van der Waals surface area contributed by atoms with Crippen molar-refractivity contribution in [3.05, 3.63) is 0 Å². The van der Waals surface area contributed by atoms with Crippen molar-refractivity contribution in [2.45, 2.75) is 18.9 Å². The van der Waals surface area contributed by atoms with Crippen LogP contribution >= 0.6 is 0 Å². The molecule has 0 aromatic rings. The molecule has 0 bridgehead atoms. The van der Waals surface area contributed by atoms with Crippen LogP contribution in [-0.2, 0) is 0 Å². The number of rotatable bonds is 0. The average molecular weight is 118 g/mol. The Balaban J connectivity index is 2.39. The van der Waals surface area contributed by atoms with Gasteiger partial charge in [0.25, 0.3) is 0 Å². The molecule has 0 saturated carbocycles. The molecule has 0 radical (unpaired) electrons. The lowest BCUT2D eigenvalue weighted by Gasteiger charge is -2.25. The Bertz CT molecular complexity index is 126. The zero-order chi connectivity index (χ0) is 8.48. The summed E-state index contributed by atoms with van der Waals surface area (Å²) >= 11 is 0. The van der Waals surface area contributed by atoms with Gasteiger partial charge in [0, 0.05) is 10.2 Å². The second-order valence-corrected chi connectivity index (χ2v) is 2.32. The highest BCUT2D eigenvalue weighted by Gasteiger charge is 2.10. The van der Waals surface area contributed by atoms with E-state index in [1.165, 1.54) is 4.90 Å². The van der Waals surface area contributed by atoms with Gasteiger partial charge >= 0.3 is 0 Å². The fourth-order valence-corrected chi connectivity index (χ4v) is 0.899. The van der Waals surface area contributed by atoms with Crippen LogP contribution in [-0.4, -0.2) is 31.0 Å². The van der Waals surface area contributed by atoms with Gasteiger partial charge in [0.15, 0.2) is 0 Å². The summed E-state index contributed by atoms with van der Waals surface area (Å²) in [5, 5.41) is 0. The summed E-state index contributed by atoms with van der Waals surface area (Å²) in [6.07, 6.45) is 1.61. The molecule has 0 amide bonds. The molecule has 8 heavy (non-hydrogen) atoms. The molecule has 48 valence electrons.